The van der Waals surface area contributed by atoms with Crippen molar-refractivity contribution in [2.75, 3.05) is 32.3 Å². The lowest BCUT2D eigenvalue weighted by atomic mass is 9.89. The quantitative estimate of drug-likeness (QED) is 0.0697. The van der Waals surface area contributed by atoms with Gasteiger partial charge in [-0.3, -0.25) is 9.59 Å². The Labute approximate surface area is 441 Å². The summed E-state index contributed by atoms with van der Waals surface area (Å²) in [7, 11) is 0. The van der Waals surface area contributed by atoms with Crippen molar-refractivity contribution in [3.8, 4) is 0 Å². The van der Waals surface area contributed by atoms with E-state index in [1.807, 2.05) is 93.1 Å². The highest BCUT2D eigenvalue weighted by Gasteiger charge is 2.45. The number of nitrogens with one attached hydrogen (secondary N) is 1. The fourth-order valence-electron chi connectivity index (χ4n) is 8.65. The molecule has 3 aliphatic rings. The highest BCUT2D eigenvalue weighted by atomic mass is 32.2. The average molecular weight is 1060 g/mol. The lowest BCUT2D eigenvalue weighted by molar-refractivity contribution is -0.231. The van der Waals surface area contributed by atoms with Crippen LogP contribution in [0.4, 0.5) is 0 Å². The molecule has 3 saturated heterocycles. The molecule has 5 aromatic rings. The Morgan fingerprint density at radius 3 is 1.38 bits per heavy atom. The molecule has 8 rings (SSSR count). The number of ether oxygens (including phenoxy) is 2. The molecule has 10 unspecified atom stereocenters. The molecular formula is C56H72N2O14S2. The fraction of sp³-hybridized carbons (Fsp3) is 0.429. The number of aliphatic hydroxyl groups excluding tert-OH is 8. The number of hydrogen-bond donors (Lipinski definition) is 12. The Balaban J connectivity index is 0.000000201. The Hall–Kier alpha value is -4.74. The molecule has 0 aliphatic carbocycles. The summed E-state index contributed by atoms with van der Waals surface area (Å²) in [6.45, 7) is 4.06. The maximum absolute atomic E-state index is 10.4. The van der Waals surface area contributed by atoms with Crippen molar-refractivity contribution in [1.29, 1.82) is 0 Å². The van der Waals surface area contributed by atoms with Crippen molar-refractivity contribution in [3.63, 3.8) is 0 Å². The molecule has 74 heavy (non-hydrogen) atoms. The number of thioether (sulfide) groups is 2. The molecule has 18 heteroatoms. The third-order valence-corrected chi connectivity index (χ3v) is 14.8. The first kappa shape index (κ1) is 60.1. The van der Waals surface area contributed by atoms with Crippen molar-refractivity contribution >= 4 is 35.5 Å². The summed E-state index contributed by atoms with van der Waals surface area (Å²) in [5, 5.41) is 99.2. The molecule has 0 aromatic heterocycles. The van der Waals surface area contributed by atoms with Crippen molar-refractivity contribution in [2.24, 2.45) is 5.73 Å². The predicted octanol–water partition coefficient (Wildman–Crippen LogP) is 4.11. The second kappa shape index (κ2) is 29.5. The second-order valence-electron chi connectivity index (χ2n) is 18.5. The van der Waals surface area contributed by atoms with Crippen LogP contribution in [-0.4, -0.2) is 156 Å². The minimum Gasteiger partial charge on any atom is -0.480 e. The van der Waals surface area contributed by atoms with Gasteiger partial charge in [-0.1, -0.05) is 91.0 Å². The van der Waals surface area contributed by atoms with E-state index in [0.717, 1.165) is 60.0 Å². The molecule has 0 bridgehead atoms. The average Bonchev–Trinajstić information content (AvgIpc) is 3.97. The van der Waals surface area contributed by atoms with Gasteiger partial charge in [0.2, 0.25) is 0 Å². The third-order valence-electron chi connectivity index (χ3n) is 13.3. The smallest absolute Gasteiger partial charge is 0.320 e. The van der Waals surface area contributed by atoms with Crippen LogP contribution < -0.4 is 11.1 Å². The molecule has 13 N–H and O–H groups in total. The van der Waals surface area contributed by atoms with Crippen LogP contribution in [0, 0.1) is 13.8 Å². The summed E-state index contributed by atoms with van der Waals surface area (Å²) < 4.78 is 11.4. The maximum atomic E-state index is 10.4. The zero-order valence-corrected chi connectivity index (χ0v) is 43.7. The number of carboxylic acid groups (broad SMARTS) is 2. The van der Waals surface area contributed by atoms with E-state index in [1.54, 1.807) is 23.5 Å². The van der Waals surface area contributed by atoms with Gasteiger partial charge in [-0.05, 0) is 139 Å². The number of rotatable bonds is 14. The summed E-state index contributed by atoms with van der Waals surface area (Å²) in [4.78, 5) is 22.9. The lowest BCUT2D eigenvalue weighted by Crippen LogP contribution is -2.55. The normalized spacial score (nSPS) is 25.7. The minimum absolute atomic E-state index is 0.269. The molecule has 0 spiro atoms. The van der Waals surface area contributed by atoms with Crippen LogP contribution in [0.15, 0.2) is 125 Å². The van der Waals surface area contributed by atoms with Crippen LogP contribution in [0.5, 0.6) is 0 Å². The van der Waals surface area contributed by atoms with Crippen molar-refractivity contribution in [1.82, 2.24) is 5.32 Å². The molecule has 0 amide bonds. The Morgan fingerprint density at radius 1 is 0.608 bits per heavy atom. The molecule has 12 atom stereocenters. The molecule has 402 valence electrons. The lowest BCUT2D eigenvalue weighted by Gasteiger charge is -2.40. The number of carbonyl (C=O) groups is 2. The zero-order valence-electron chi connectivity index (χ0n) is 42.1. The summed E-state index contributed by atoms with van der Waals surface area (Å²) in [6, 6.07) is 36.6. The van der Waals surface area contributed by atoms with E-state index in [0.29, 0.717) is 17.5 Å². The van der Waals surface area contributed by atoms with Gasteiger partial charge in [0.05, 0.1) is 13.2 Å². The number of nitrogens with two attached hydrogens (primary N) is 1. The minimum atomic E-state index is -1.37. The molecule has 0 saturated carbocycles. The van der Waals surface area contributed by atoms with Gasteiger partial charge in [-0.2, -0.15) is 0 Å². The van der Waals surface area contributed by atoms with Gasteiger partial charge in [0.15, 0.2) is 0 Å². The van der Waals surface area contributed by atoms with E-state index in [4.69, 9.17) is 25.4 Å². The van der Waals surface area contributed by atoms with Crippen molar-refractivity contribution < 1.29 is 70.1 Å². The van der Waals surface area contributed by atoms with Gasteiger partial charge >= 0.3 is 11.9 Å². The van der Waals surface area contributed by atoms with Crippen LogP contribution in [0.3, 0.4) is 0 Å². The number of aliphatic carboxylic acids is 2. The summed E-state index contributed by atoms with van der Waals surface area (Å²) >= 11 is 3.40. The van der Waals surface area contributed by atoms with E-state index in [1.165, 1.54) is 20.9 Å². The van der Waals surface area contributed by atoms with E-state index < -0.39 is 92.2 Å². The molecule has 5 aromatic carbocycles. The maximum Gasteiger partial charge on any atom is 0.320 e. The number of benzene rings is 5. The molecule has 3 heterocycles. The number of hydrogen-bond acceptors (Lipinski definition) is 16. The van der Waals surface area contributed by atoms with Gasteiger partial charge in [0, 0.05) is 9.79 Å². The first-order valence-corrected chi connectivity index (χ1v) is 26.9. The largest absolute Gasteiger partial charge is 0.480 e. The number of aliphatic hydroxyl groups is 8. The molecule has 3 fully saturated rings. The van der Waals surface area contributed by atoms with Crippen LogP contribution in [-0.2, 0) is 38.3 Å². The SMILES string of the molecule is CSc1ccc(Cc2cc(C3OC(CO)C(O)C(O)C3O)ccc2C)cc1.CSc1ccc(Cc2cc(C3OC(CO)C(O)C(O)C3O)ccc2C)cc1.N[C@H](Cc1ccccc1)C(=O)O.O=C(O)[C@@H]1CCCN1. The first-order valence-electron chi connectivity index (χ1n) is 24.4. The Bertz CT molecular complexity index is 2360. The van der Waals surface area contributed by atoms with Crippen LogP contribution >= 0.6 is 23.5 Å². The van der Waals surface area contributed by atoms with Crippen molar-refractivity contribution in [2.45, 2.75) is 129 Å². The number of carboxylic acids is 2. The fourth-order valence-corrected chi connectivity index (χ4v) is 9.47. The summed E-state index contributed by atoms with van der Waals surface area (Å²) in [5.41, 5.74) is 14.5. The summed E-state index contributed by atoms with van der Waals surface area (Å²) in [6.07, 6.45) is -3.64. The standard InChI is InChI=1S/2C21H26O5S.C9H11NO2.C5H9NO2/c2*1-12-3-6-14(21-20(25)19(24)18(23)17(11-22)26-21)10-15(12)9-13-4-7-16(27-2)8-5-13;10-8(9(11)12)6-7-4-2-1-3-5-7;7-5(8)4-2-1-3-6-4/h2*3-8,10,17-25H,9,11H2,1-2H3;1-5,8H,6,10H2,(H,11,12);4,6H,1-3H2,(H,7,8)/t;;8-;4-/m..10/s1. The molecular weight excluding hydrogens is 989 g/mol. The topological polar surface area (TPSA) is 293 Å². The second-order valence-corrected chi connectivity index (χ2v) is 20.3. The van der Waals surface area contributed by atoms with Gasteiger partial charge < -0.3 is 71.6 Å². The van der Waals surface area contributed by atoms with E-state index in [2.05, 4.69) is 53.8 Å². The number of aryl methyl sites for hydroxylation is 2. The van der Waals surface area contributed by atoms with Crippen LogP contribution in [0.1, 0.15) is 75.1 Å². The Morgan fingerprint density at radius 2 is 1.04 bits per heavy atom. The van der Waals surface area contributed by atoms with E-state index >= 15 is 0 Å². The van der Waals surface area contributed by atoms with Crippen LogP contribution in [0.2, 0.25) is 0 Å². The molecule has 0 radical (unpaired) electrons. The van der Waals surface area contributed by atoms with Gasteiger partial charge in [-0.15, -0.1) is 23.5 Å². The molecule has 16 nitrogen and oxygen atoms in total. The summed E-state index contributed by atoms with van der Waals surface area (Å²) in [5.74, 6) is -1.68. The highest BCUT2D eigenvalue weighted by molar-refractivity contribution is 7.98. The third kappa shape index (κ3) is 16.9. The molecule has 3 aliphatic heterocycles. The zero-order chi connectivity index (χ0) is 54.1. The van der Waals surface area contributed by atoms with Crippen LogP contribution in [0.25, 0.3) is 0 Å². The Kier molecular flexibility index (Phi) is 24.0. The van der Waals surface area contributed by atoms with Crippen molar-refractivity contribution in [3.05, 3.63) is 165 Å². The van der Waals surface area contributed by atoms with E-state index in [-0.39, 0.29) is 6.04 Å². The highest BCUT2D eigenvalue weighted by Crippen LogP contribution is 2.35. The van der Waals surface area contributed by atoms with Gasteiger partial charge in [0.1, 0.15) is 73.1 Å². The van der Waals surface area contributed by atoms with Gasteiger partial charge in [0.25, 0.3) is 0 Å². The predicted molar refractivity (Wildman–Crippen MR) is 284 cm³/mol. The first-order chi connectivity index (χ1) is 35.4. The van der Waals surface area contributed by atoms with Gasteiger partial charge in [-0.25, -0.2) is 0 Å². The monoisotopic (exact) mass is 1060 g/mol. The van der Waals surface area contributed by atoms with E-state index in [9.17, 15) is 50.4 Å².